The van der Waals surface area contributed by atoms with Crippen molar-refractivity contribution in [1.82, 2.24) is 0 Å². The summed E-state index contributed by atoms with van der Waals surface area (Å²) in [5.74, 6) is -1.13. The van der Waals surface area contributed by atoms with E-state index in [1.54, 1.807) is 29.2 Å². The van der Waals surface area contributed by atoms with Crippen LogP contribution >= 0.6 is 0 Å². The van der Waals surface area contributed by atoms with Crippen molar-refractivity contribution in [2.75, 3.05) is 11.4 Å². The Balaban J connectivity index is 1.57. The van der Waals surface area contributed by atoms with Gasteiger partial charge >= 0.3 is 5.97 Å². The molecule has 1 atom stereocenters. The van der Waals surface area contributed by atoms with E-state index in [0.29, 0.717) is 5.56 Å². The van der Waals surface area contributed by atoms with E-state index in [0.717, 1.165) is 16.5 Å². The minimum atomic E-state index is -0.577. The molecule has 5 heteroatoms. The number of fused-ring (bicyclic) bond motifs is 1. The number of Topliss-reactive ketones (excluding diaryl/α,β-unsaturated/α-hetero) is 1. The minimum Gasteiger partial charge on any atom is -0.425 e. The molecule has 0 aromatic heterocycles. The van der Waals surface area contributed by atoms with E-state index in [9.17, 15) is 14.4 Å². The molecule has 1 aliphatic rings. The van der Waals surface area contributed by atoms with E-state index in [1.807, 2.05) is 42.5 Å². The van der Waals surface area contributed by atoms with Crippen LogP contribution in [-0.2, 0) is 9.59 Å². The van der Waals surface area contributed by atoms with Gasteiger partial charge in [-0.2, -0.15) is 0 Å². The van der Waals surface area contributed by atoms with Crippen molar-refractivity contribution in [3.8, 4) is 5.75 Å². The van der Waals surface area contributed by atoms with Gasteiger partial charge in [0.25, 0.3) is 0 Å². The molecular formula is C23H19NO4. The Morgan fingerprint density at radius 1 is 0.964 bits per heavy atom. The van der Waals surface area contributed by atoms with Gasteiger partial charge in [-0.05, 0) is 30.5 Å². The van der Waals surface area contributed by atoms with Crippen molar-refractivity contribution in [1.29, 1.82) is 0 Å². The topological polar surface area (TPSA) is 63.7 Å². The zero-order valence-corrected chi connectivity index (χ0v) is 15.4. The van der Waals surface area contributed by atoms with E-state index in [-0.39, 0.29) is 30.4 Å². The molecule has 1 amide bonds. The molecule has 1 fully saturated rings. The average molecular weight is 373 g/mol. The zero-order valence-electron chi connectivity index (χ0n) is 15.4. The standard InChI is InChI=1S/C23H19NO4/c1-15(25)18-9-4-5-12-21(18)28-23(27)17-13-22(26)24(14-17)20-11-6-8-16-7-2-3-10-19(16)20/h2-12,17H,13-14H2,1H3/t17-/m1/s1. The van der Waals surface area contributed by atoms with Crippen molar-refractivity contribution in [3.05, 3.63) is 72.3 Å². The Morgan fingerprint density at radius 3 is 2.50 bits per heavy atom. The van der Waals surface area contributed by atoms with Crippen LogP contribution in [0, 0.1) is 5.92 Å². The molecule has 1 aliphatic heterocycles. The predicted molar refractivity (Wildman–Crippen MR) is 106 cm³/mol. The molecule has 28 heavy (non-hydrogen) atoms. The van der Waals surface area contributed by atoms with Gasteiger partial charge in [-0.1, -0.05) is 48.5 Å². The molecule has 0 unspecified atom stereocenters. The van der Waals surface area contributed by atoms with Crippen LogP contribution in [0.2, 0.25) is 0 Å². The Labute approximate surface area is 162 Å². The molecule has 1 heterocycles. The Hall–Kier alpha value is -3.47. The summed E-state index contributed by atoms with van der Waals surface area (Å²) in [4.78, 5) is 38.7. The second-order valence-electron chi connectivity index (χ2n) is 6.88. The lowest BCUT2D eigenvalue weighted by Gasteiger charge is -2.19. The van der Waals surface area contributed by atoms with Crippen LogP contribution in [-0.4, -0.2) is 24.2 Å². The molecule has 0 aliphatic carbocycles. The molecule has 1 saturated heterocycles. The van der Waals surface area contributed by atoms with E-state index in [2.05, 4.69) is 0 Å². The number of benzene rings is 3. The maximum absolute atomic E-state index is 12.7. The first-order chi connectivity index (χ1) is 13.5. The molecule has 3 aromatic rings. The van der Waals surface area contributed by atoms with Gasteiger partial charge in [-0.25, -0.2) is 0 Å². The SMILES string of the molecule is CC(=O)c1ccccc1OC(=O)[C@@H]1CC(=O)N(c2cccc3ccccc23)C1. The van der Waals surface area contributed by atoms with Crippen molar-refractivity contribution in [2.24, 2.45) is 5.92 Å². The molecule has 0 bridgehead atoms. The zero-order chi connectivity index (χ0) is 19.7. The first kappa shape index (κ1) is 17.9. The number of hydrogen-bond donors (Lipinski definition) is 0. The fourth-order valence-corrected chi connectivity index (χ4v) is 3.58. The molecule has 0 saturated carbocycles. The number of rotatable bonds is 4. The largest absolute Gasteiger partial charge is 0.425 e. The number of nitrogens with zero attached hydrogens (tertiary/aromatic N) is 1. The summed E-state index contributed by atoms with van der Waals surface area (Å²) < 4.78 is 5.47. The number of carbonyl (C=O) groups is 3. The molecule has 0 radical (unpaired) electrons. The summed E-state index contributed by atoms with van der Waals surface area (Å²) in [6, 6.07) is 20.2. The highest BCUT2D eigenvalue weighted by atomic mass is 16.5. The molecule has 0 spiro atoms. The van der Waals surface area contributed by atoms with Crippen LogP contribution in [0.3, 0.4) is 0 Å². The highest BCUT2D eigenvalue weighted by Gasteiger charge is 2.37. The Morgan fingerprint density at radius 2 is 1.68 bits per heavy atom. The third-order valence-corrected chi connectivity index (χ3v) is 4.99. The van der Waals surface area contributed by atoms with Crippen LogP contribution in [0.5, 0.6) is 5.75 Å². The molecule has 5 nitrogen and oxygen atoms in total. The first-order valence-electron chi connectivity index (χ1n) is 9.14. The van der Waals surface area contributed by atoms with Crippen molar-refractivity contribution < 1.29 is 19.1 Å². The monoisotopic (exact) mass is 373 g/mol. The highest BCUT2D eigenvalue weighted by molar-refractivity contribution is 6.07. The number of para-hydroxylation sites is 1. The first-order valence-corrected chi connectivity index (χ1v) is 9.14. The molecule has 140 valence electrons. The van der Waals surface area contributed by atoms with Gasteiger partial charge in [0.2, 0.25) is 5.91 Å². The van der Waals surface area contributed by atoms with Gasteiger partial charge in [0.1, 0.15) is 5.75 Å². The quantitative estimate of drug-likeness (QED) is 0.394. The van der Waals surface area contributed by atoms with Crippen LogP contribution in [0.25, 0.3) is 10.8 Å². The molecule has 0 N–H and O–H groups in total. The summed E-state index contributed by atoms with van der Waals surface area (Å²) in [6.07, 6.45) is 0.0876. The summed E-state index contributed by atoms with van der Waals surface area (Å²) in [5, 5.41) is 2.00. The lowest BCUT2D eigenvalue weighted by molar-refractivity contribution is -0.139. The summed E-state index contributed by atoms with van der Waals surface area (Å²) in [7, 11) is 0. The average Bonchev–Trinajstić information content (AvgIpc) is 3.09. The van der Waals surface area contributed by atoms with E-state index in [1.165, 1.54) is 6.92 Å². The summed E-state index contributed by atoms with van der Waals surface area (Å²) >= 11 is 0. The van der Waals surface area contributed by atoms with Crippen molar-refractivity contribution in [2.45, 2.75) is 13.3 Å². The Kier molecular flexibility index (Phi) is 4.65. The number of amides is 1. The van der Waals surface area contributed by atoms with Crippen LogP contribution in [0.15, 0.2) is 66.7 Å². The smallest absolute Gasteiger partial charge is 0.316 e. The number of anilines is 1. The number of hydrogen-bond acceptors (Lipinski definition) is 4. The fourth-order valence-electron chi connectivity index (χ4n) is 3.58. The normalized spacial score (nSPS) is 16.4. The lowest BCUT2D eigenvalue weighted by atomic mass is 10.1. The van der Waals surface area contributed by atoms with E-state index in [4.69, 9.17) is 4.74 Å². The minimum absolute atomic E-state index is 0.0876. The summed E-state index contributed by atoms with van der Waals surface area (Å²) in [5.41, 5.74) is 1.15. The van der Waals surface area contributed by atoms with Crippen molar-refractivity contribution >= 4 is 34.1 Å². The van der Waals surface area contributed by atoms with Gasteiger partial charge in [-0.3, -0.25) is 14.4 Å². The predicted octanol–water partition coefficient (Wildman–Crippen LogP) is 4.00. The maximum Gasteiger partial charge on any atom is 0.316 e. The van der Waals surface area contributed by atoms with Gasteiger partial charge in [0.15, 0.2) is 5.78 Å². The maximum atomic E-state index is 12.7. The number of ketones is 1. The highest BCUT2D eigenvalue weighted by Crippen LogP contribution is 2.32. The number of esters is 1. The van der Waals surface area contributed by atoms with E-state index < -0.39 is 11.9 Å². The molecule has 4 rings (SSSR count). The second kappa shape index (κ2) is 7.27. The molecular weight excluding hydrogens is 354 g/mol. The fraction of sp³-hybridized carbons (Fsp3) is 0.174. The van der Waals surface area contributed by atoms with Gasteiger partial charge in [-0.15, -0.1) is 0 Å². The van der Waals surface area contributed by atoms with Crippen LogP contribution in [0.1, 0.15) is 23.7 Å². The van der Waals surface area contributed by atoms with Crippen LogP contribution in [0.4, 0.5) is 5.69 Å². The summed E-state index contributed by atoms with van der Waals surface area (Å²) in [6.45, 7) is 1.68. The van der Waals surface area contributed by atoms with Crippen LogP contribution < -0.4 is 9.64 Å². The lowest BCUT2D eigenvalue weighted by Crippen LogP contribution is -2.27. The van der Waals surface area contributed by atoms with E-state index >= 15 is 0 Å². The van der Waals surface area contributed by atoms with Crippen molar-refractivity contribution in [3.63, 3.8) is 0 Å². The van der Waals surface area contributed by atoms with Gasteiger partial charge in [0, 0.05) is 18.4 Å². The third-order valence-electron chi connectivity index (χ3n) is 4.99. The Bertz CT molecular complexity index is 1080. The second-order valence-corrected chi connectivity index (χ2v) is 6.88. The van der Waals surface area contributed by atoms with Gasteiger partial charge < -0.3 is 9.64 Å². The third kappa shape index (κ3) is 3.27. The van der Waals surface area contributed by atoms with Gasteiger partial charge in [0.05, 0.1) is 17.2 Å². The number of carbonyl (C=O) groups excluding carboxylic acids is 3. The number of ether oxygens (including phenoxy) is 1. The molecule has 3 aromatic carbocycles.